The summed E-state index contributed by atoms with van der Waals surface area (Å²) in [6, 6.07) is 0. The molecule has 0 radical (unpaired) electrons. The average Bonchev–Trinajstić information content (AvgIpc) is 2.72. The summed E-state index contributed by atoms with van der Waals surface area (Å²) in [5.74, 6) is 2.26. The van der Waals surface area contributed by atoms with Gasteiger partial charge in [-0.15, -0.1) is 0 Å². The predicted molar refractivity (Wildman–Crippen MR) is 53.6 cm³/mol. The Hall–Kier alpha value is -0.500. The van der Waals surface area contributed by atoms with Crippen LogP contribution in [0, 0.1) is 17.8 Å². The van der Waals surface area contributed by atoms with Crippen molar-refractivity contribution in [1.82, 2.24) is 0 Å². The Morgan fingerprint density at radius 2 is 2.07 bits per heavy atom. The van der Waals surface area contributed by atoms with Crippen LogP contribution in [0.3, 0.4) is 0 Å². The van der Waals surface area contributed by atoms with E-state index in [4.69, 9.17) is 4.74 Å². The average molecular weight is 194 g/mol. The van der Waals surface area contributed by atoms with E-state index in [2.05, 4.69) is 0 Å². The fourth-order valence-electron chi connectivity index (χ4n) is 3.39. The fourth-order valence-corrected chi connectivity index (χ4v) is 3.39. The number of fused-ring (bicyclic) bond motifs is 1. The Balaban J connectivity index is 1.65. The lowest BCUT2D eigenvalue weighted by atomic mass is 9.96. The zero-order chi connectivity index (χ0) is 9.54. The van der Waals surface area contributed by atoms with Gasteiger partial charge in [0.1, 0.15) is 0 Å². The highest BCUT2D eigenvalue weighted by atomic mass is 16.5. The number of hydrogen-bond acceptors (Lipinski definition) is 2. The number of ether oxygens (including phenoxy) is 1. The summed E-state index contributed by atoms with van der Waals surface area (Å²) in [6.45, 7) is 0.827. The van der Waals surface area contributed by atoms with Crippen LogP contribution in [0.5, 0.6) is 0 Å². The maximum atomic E-state index is 10.2. The molecule has 1 heterocycles. The van der Waals surface area contributed by atoms with Crippen LogP contribution < -0.4 is 0 Å². The minimum absolute atomic E-state index is 0.189. The Kier molecular flexibility index (Phi) is 2.05. The molecular weight excluding hydrogens is 176 g/mol. The zero-order valence-electron chi connectivity index (χ0n) is 8.48. The van der Waals surface area contributed by atoms with E-state index in [1.165, 1.54) is 19.3 Å². The predicted octanol–water partition coefficient (Wildman–Crippen LogP) is 2.09. The van der Waals surface area contributed by atoms with Gasteiger partial charge in [0, 0.05) is 0 Å². The second-order valence-electron chi connectivity index (χ2n) is 4.95. The topological polar surface area (TPSA) is 29.5 Å². The Bertz CT molecular complexity index is 249. The highest BCUT2D eigenvalue weighted by Crippen LogP contribution is 2.60. The van der Waals surface area contributed by atoms with Crippen LogP contribution in [-0.4, -0.2) is 17.8 Å². The molecule has 0 aromatic heterocycles. The molecule has 14 heavy (non-hydrogen) atoms. The van der Waals surface area contributed by atoms with Gasteiger partial charge < -0.3 is 9.84 Å². The fraction of sp³-hybridized carbons (Fsp3) is 0.833. The Morgan fingerprint density at radius 3 is 2.71 bits per heavy atom. The molecule has 0 amide bonds. The minimum atomic E-state index is -0.189. The molecule has 1 aliphatic heterocycles. The van der Waals surface area contributed by atoms with Crippen molar-refractivity contribution in [2.24, 2.45) is 17.8 Å². The van der Waals surface area contributed by atoms with E-state index in [0.717, 1.165) is 36.9 Å². The minimum Gasteiger partial charge on any atom is -0.501 e. The van der Waals surface area contributed by atoms with E-state index in [1.54, 1.807) is 0 Å². The normalized spacial score (nSPS) is 42.4. The molecular formula is C12H18O2. The van der Waals surface area contributed by atoms with Crippen LogP contribution in [0.15, 0.2) is 11.8 Å². The van der Waals surface area contributed by atoms with Gasteiger partial charge >= 0.3 is 0 Å². The molecule has 3 unspecified atom stereocenters. The molecule has 0 aromatic carbocycles. The van der Waals surface area contributed by atoms with Gasteiger partial charge in [-0.05, 0) is 49.0 Å². The van der Waals surface area contributed by atoms with Crippen LogP contribution in [-0.2, 0) is 4.74 Å². The van der Waals surface area contributed by atoms with Crippen molar-refractivity contribution in [3.05, 3.63) is 11.8 Å². The number of aliphatic hydroxyl groups is 1. The molecule has 0 saturated heterocycles. The van der Waals surface area contributed by atoms with Gasteiger partial charge in [-0.25, -0.2) is 0 Å². The molecule has 78 valence electrons. The van der Waals surface area contributed by atoms with Crippen molar-refractivity contribution >= 4 is 0 Å². The van der Waals surface area contributed by atoms with Gasteiger partial charge in [0.2, 0.25) is 0 Å². The third-order valence-electron chi connectivity index (χ3n) is 4.18. The van der Waals surface area contributed by atoms with Crippen molar-refractivity contribution in [3.8, 4) is 0 Å². The van der Waals surface area contributed by atoms with Gasteiger partial charge in [-0.1, -0.05) is 6.42 Å². The Morgan fingerprint density at radius 1 is 1.29 bits per heavy atom. The summed E-state index contributed by atoms with van der Waals surface area (Å²) < 4.78 is 5.28. The van der Waals surface area contributed by atoms with Gasteiger partial charge in [-0.2, -0.15) is 0 Å². The number of hydrogen-bond donors (Lipinski definition) is 1. The number of rotatable bonds is 2. The number of aliphatic hydroxyl groups excluding tert-OH is 1. The van der Waals surface area contributed by atoms with Crippen LogP contribution in [0.25, 0.3) is 0 Å². The molecule has 3 atom stereocenters. The monoisotopic (exact) mass is 194 g/mol. The SMILES string of the molecule is OC(C1=COCCC1)C1C2CCCC21. The molecule has 3 rings (SSSR count). The molecule has 1 N–H and O–H groups in total. The van der Waals surface area contributed by atoms with Crippen LogP contribution in [0.4, 0.5) is 0 Å². The van der Waals surface area contributed by atoms with Crippen LogP contribution in [0.1, 0.15) is 32.1 Å². The summed E-state index contributed by atoms with van der Waals surface area (Å²) in [4.78, 5) is 0. The molecule has 3 aliphatic rings. The second-order valence-corrected chi connectivity index (χ2v) is 4.95. The first-order chi connectivity index (χ1) is 6.88. The summed E-state index contributed by atoms with van der Waals surface area (Å²) in [6.07, 6.45) is 7.81. The van der Waals surface area contributed by atoms with Gasteiger partial charge in [0.25, 0.3) is 0 Å². The molecule has 2 nitrogen and oxygen atoms in total. The summed E-state index contributed by atoms with van der Waals surface area (Å²) in [5, 5.41) is 10.2. The largest absolute Gasteiger partial charge is 0.501 e. The second kappa shape index (κ2) is 3.27. The van der Waals surface area contributed by atoms with E-state index in [-0.39, 0.29) is 6.10 Å². The van der Waals surface area contributed by atoms with Gasteiger partial charge in [0.05, 0.1) is 19.0 Å². The van der Waals surface area contributed by atoms with Crippen molar-refractivity contribution in [2.45, 2.75) is 38.2 Å². The molecule has 2 heteroatoms. The van der Waals surface area contributed by atoms with E-state index >= 15 is 0 Å². The first-order valence-electron chi connectivity index (χ1n) is 5.86. The highest BCUT2D eigenvalue weighted by molar-refractivity contribution is 5.17. The Labute approximate surface area is 85.0 Å². The first kappa shape index (κ1) is 8.78. The molecule has 2 aliphatic carbocycles. The van der Waals surface area contributed by atoms with Crippen LogP contribution >= 0.6 is 0 Å². The maximum Gasteiger partial charge on any atom is 0.0876 e. The lowest BCUT2D eigenvalue weighted by molar-refractivity contribution is 0.142. The van der Waals surface area contributed by atoms with Crippen molar-refractivity contribution in [2.75, 3.05) is 6.61 Å². The highest BCUT2D eigenvalue weighted by Gasteiger charge is 2.56. The summed E-state index contributed by atoms with van der Waals surface area (Å²) in [7, 11) is 0. The van der Waals surface area contributed by atoms with Crippen LogP contribution in [0.2, 0.25) is 0 Å². The first-order valence-corrected chi connectivity index (χ1v) is 5.86. The lowest BCUT2D eigenvalue weighted by Crippen LogP contribution is -2.19. The molecule has 2 saturated carbocycles. The smallest absolute Gasteiger partial charge is 0.0876 e. The lowest BCUT2D eigenvalue weighted by Gasteiger charge is -2.20. The van der Waals surface area contributed by atoms with Gasteiger partial charge in [0.15, 0.2) is 0 Å². The summed E-state index contributed by atoms with van der Waals surface area (Å²) in [5.41, 5.74) is 1.15. The van der Waals surface area contributed by atoms with Gasteiger partial charge in [-0.3, -0.25) is 0 Å². The molecule has 0 bridgehead atoms. The third kappa shape index (κ3) is 1.28. The van der Waals surface area contributed by atoms with E-state index in [1.807, 2.05) is 6.26 Å². The van der Waals surface area contributed by atoms with Crippen molar-refractivity contribution in [3.63, 3.8) is 0 Å². The van der Waals surface area contributed by atoms with E-state index in [0.29, 0.717) is 5.92 Å². The third-order valence-corrected chi connectivity index (χ3v) is 4.18. The van der Waals surface area contributed by atoms with E-state index in [9.17, 15) is 5.11 Å². The van der Waals surface area contributed by atoms with Crippen molar-refractivity contribution in [1.29, 1.82) is 0 Å². The quantitative estimate of drug-likeness (QED) is 0.729. The van der Waals surface area contributed by atoms with Crippen molar-refractivity contribution < 1.29 is 9.84 Å². The molecule has 2 fully saturated rings. The van der Waals surface area contributed by atoms with E-state index < -0.39 is 0 Å². The standard InChI is InChI=1S/C12H18O2/c13-12(8-3-2-6-14-7-8)11-9-4-1-5-10(9)11/h7,9-13H,1-6H2. The maximum absolute atomic E-state index is 10.2. The zero-order valence-corrected chi connectivity index (χ0v) is 8.48. The molecule has 0 aromatic rings. The molecule has 0 spiro atoms. The summed E-state index contributed by atoms with van der Waals surface area (Å²) >= 11 is 0.